The van der Waals surface area contributed by atoms with Crippen LogP contribution in [-0.2, 0) is 0 Å². The quantitative estimate of drug-likeness (QED) is 0.526. The van der Waals surface area contributed by atoms with E-state index in [1.165, 1.54) is 32.1 Å². The van der Waals surface area contributed by atoms with Crippen LogP contribution in [0.4, 0.5) is 0 Å². The molecule has 0 heterocycles. The summed E-state index contributed by atoms with van der Waals surface area (Å²) in [6.45, 7) is 6.73. The second kappa shape index (κ2) is 7.22. The average Bonchev–Trinajstić information content (AvgIpc) is 2.05. The molecule has 0 aliphatic carbocycles. The minimum absolute atomic E-state index is 0.535. The Kier molecular flexibility index (Phi) is 6.96. The molecule has 0 nitrogen and oxygen atoms in total. The van der Waals surface area contributed by atoms with E-state index in [0.29, 0.717) is 5.92 Å². The minimum atomic E-state index is 0.535. The van der Waals surface area contributed by atoms with E-state index in [-0.39, 0.29) is 0 Å². The van der Waals surface area contributed by atoms with Crippen LogP contribution < -0.4 is 0 Å². The molecule has 0 radical (unpaired) electrons. The first-order valence-corrected chi connectivity index (χ1v) is 5.16. The Hall–Kier alpha value is -0.440. The topological polar surface area (TPSA) is 0 Å². The maximum absolute atomic E-state index is 5.45. The first-order valence-electron chi connectivity index (χ1n) is 5.16. The summed E-state index contributed by atoms with van der Waals surface area (Å²) in [5.74, 6) is 4.22. The van der Waals surface area contributed by atoms with Crippen molar-refractivity contribution < 1.29 is 0 Å². The van der Waals surface area contributed by atoms with E-state index in [4.69, 9.17) is 6.42 Å². The third-order valence-electron chi connectivity index (χ3n) is 2.23. The lowest BCUT2D eigenvalue weighted by Crippen LogP contribution is -1.99. The molecule has 0 heteroatoms. The summed E-state index contributed by atoms with van der Waals surface area (Å²) >= 11 is 0. The van der Waals surface area contributed by atoms with E-state index >= 15 is 0 Å². The van der Waals surface area contributed by atoms with Crippen molar-refractivity contribution in [1.29, 1.82) is 0 Å². The number of rotatable bonds is 6. The molecule has 0 aliphatic rings. The van der Waals surface area contributed by atoms with Gasteiger partial charge < -0.3 is 0 Å². The smallest absolute Gasteiger partial charge is 0.0200 e. The normalized spacial score (nSPS) is 12.9. The lowest BCUT2D eigenvalue weighted by atomic mass is 9.94. The summed E-state index contributed by atoms with van der Waals surface area (Å²) < 4.78 is 0. The summed E-state index contributed by atoms with van der Waals surface area (Å²) in [6, 6.07) is 0. The van der Waals surface area contributed by atoms with Crippen molar-refractivity contribution in [1.82, 2.24) is 0 Å². The zero-order valence-corrected chi connectivity index (χ0v) is 8.77. The Morgan fingerprint density at radius 1 is 1.17 bits per heavy atom. The molecule has 0 amide bonds. The van der Waals surface area contributed by atoms with Gasteiger partial charge in [0.25, 0.3) is 0 Å². The lowest BCUT2D eigenvalue weighted by Gasteiger charge is -2.11. The van der Waals surface area contributed by atoms with Crippen LogP contribution in [-0.4, -0.2) is 0 Å². The van der Waals surface area contributed by atoms with Crippen molar-refractivity contribution in [2.75, 3.05) is 0 Å². The number of hydrogen-bond acceptors (Lipinski definition) is 0. The van der Waals surface area contributed by atoms with Crippen LogP contribution in [0.3, 0.4) is 0 Å². The SMILES string of the molecule is C#CC(CCCC)CCC(C)C. The molecule has 0 bridgehead atoms. The van der Waals surface area contributed by atoms with E-state index < -0.39 is 0 Å². The molecule has 0 saturated heterocycles. The second-order valence-electron chi connectivity index (χ2n) is 3.98. The lowest BCUT2D eigenvalue weighted by molar-refractivity contribution is 0.460. The molecule has 0 aromatic heterocycles. The van der Waals surface area contributed by atoms with Gasteiger partial charge in [-0.15, -0.1) is 12.3 Å². The molecule has 0 rings (SSSR count). The molecular formula is C12H22. The third-order valence-corrected chi connectivity index (χ3v) is 2.23. The predicted octanol–water partition coefficient (Wildman–Crippen LogP) is 3.86. The maximum Gasteiger partial charge on any atom is 0.0200 e. The summed E-state index contributed by atoms with van der Waals surface area (Å²) in [6.07, 6.45) is 11.7. The first kappa shape index (κ1) is 11.6. The Balaban J connectivity index is 3.48. The summed E-state index contributed by atoms with van der Waals surface area (Å²) in [5.41, 5.74) is 0. The zero-order valence-electron chi connectivity index (χ0n) is 8.77. The van der Waals surface area contributed by atoms with Crippen LogP contribution in [0.2, 0.25) is 0 Å². The highest BCUT2D eigenvalue weighted by Crippen LogP contribution is 2.16. The summed E-state index contributed by atoms with van der Waals surface area (Å²) in [7, 11) is 0. The fourth-order valence-corrected chi connectivity index (χ4v) is 1.30. The molecule has 0 saturated carbocycles. The van der Waals surface area contributed by atoms with Crippen LogP contribution >= 0.6 is 0 Å². The van der Waals surface area contributed by atoms with Gasteiger partial charge in [0.2, 0.25) is 0 Å². The van der Waals surface area contributed by atoms with Gasteiger partial charge in [0.1, 0.15) is 0 Å². The molecule has 12 heavy (non-hydrogen) atoms. The first-order chi connectivity index (χ1) is 5.70. The van der Waals surface area contributed by atoms with Crippen LogP contribution in [0.15, 0.2) is 0 Å². The Morgan fingerprint density at radius 2 is 1.83 bits per heavy atom. The molecule has 0 fully saturated rings. The molecule has 0 N–H and O–H groups in total. The van der Waals surface area contributed by atoms with Crippen molar-refractivity contribution in [3.8, 4) is 12.3 Å². The van der Waals surface area contributed by atoms with Crippen molar-refractivity contribution in [3.63, 3.8) is 0 Å². The zero-order chi connectivity index (χ0) is 9.40. The number of terminal acetylenes is 1. The Morgan fingerprint density at radius 3 is 2.25 bits per heavy atom. The molecule has 0 spiro atoms. The Labute approximate surface area is 77.8 Å². The van der Waals surface area contributed by atoms with Crippen LogP contribution in [0.1, 0.15) is 52.9 Å². The molecule has 1 atom stereocenters. The largest absolute Gasteiger partial charge is 0.120 e. The van der Waals surface area contributed by atoms with Gasteiger partial charge in [-0.05, 0) is 25.2 Å². The van der Waals surface area contributed by atoms with E-state index in [1.54, 1.807) is 0 Å². The molecule has 1 unspecified atom stereocenters. The van der Waals surface area contributed by atoms with Gasteiger partial charge in [0.15, 0.2) is 0 Å². The summed E-state index contributed by atoms with van der Waals surface area (Å²) in [4.78, 5) is 0. The van der Waals surface area contributed by atoms with Crippen LogP contribution in [0, 0.1) is 24.2 Å². The third kappa shape index (κ3) is 6.28. The van der Waals surface area contributed by atoms with Gasteiger partial charge in [0, 0.05) is 5.92 Å². The number of hydrogen-bond donors (Lipinski definition) is 0. The van der Waals surface area contributed by atoms with Crippen LogP contribution in [0.5, 0.6) is 0 Å². The standard InChI is InChI=1S/C12H22/c1-5-7-8-12(6-2)10-9-11(3)4/h2,11-12H,5,7-10H2,1,3-4H3. The van der Waals surface area contributed by atoms with Crippen molar-refractivity contribution in [2.45, 2.75) is 52.9 Å². The predicted molar refractivity (Wildman–Crippen MR) is 55.9 cm³/mol. The molecular weight excluding hydrogens is 144 g/mol. The van der Waals surface area contributed by atoms with E-state index in [1.807, 2.05) is 0 Å². The van der Waals surface area contributed by atoms with E-state index in [9.17, 15) is 0 Å². The monoisotopic (exact) mass is 166 g/mol. The average molecular weight is 166 g/mol. The van der Waals surface area contributed by atoms with Gasteiger partial charge in [-0.1, -0.05) is 33.6 Å². The van der Waals surface area contributed by atoms with Gasteiger partial charge in [-0.25, -0.2) is 0 Å². The van der Waals surface area contributed by atoms with E-state index in [2.05, 4.69) is 26.7 Å². The minimum Gasteiger partial charge on any atom is -0.120 e. The number of unbranched alkanes of at least 4 members (excludes halogenated alkanes) is 1. The maximum atomic E-state index is 5.45. The highest BCUT2D eigenvalue weighted by molar-refractivity contribution is 4.92. The fourth-order valence-electron chi connectivity index (χ4n) is 1.30. The van der Waals surface area contributed by atoms with Crippen molar-refractivity contribution in [3.05, 3.63) is 0 Å². The van der Waals surface area contributed by atoms with E-state index in [0.717, 1.165) is 5.92 Å². The van der Waals surface area contributed by atoms with Crippen molar-refractivity contribution >= 4 is 0 Å². The van der Waals surface area contributed by atoms with Crippen LogP contribution in [0.25, 0.3) is 0 Å². The van der Waals surface area contributed by atoms with Gasteiger partial charge >= 0.3 is 0 Å². The second-order valence-corrected chi connectivity index (χ2v) is 3.98. The fraction of sp³-hybridized carbons (Fsp3) is 0.833. The molecule has 0 aromatic carbocycles. The Bertz CT molecular complexity index is 127. The highest BCUT2D eigenvalue weighted by Gasteiger charge is 2.04. The van der Waals surface area contributed by atoms with Crippen molar-refractivity contribution in [2.24, 2.45) is 11.8 Å². The molecule has 70 valence electrons. The molecule has 0 aromatic rings. The van der Waals surface area contributed by atoms with Gasteiger partial charge in [-0.3, -0.25) is 0 Å². The summed E-state index contributed by atoms with van der Waals surface area (Å²) in [5, 5.41) is 0. The van der Waals surface area contributed by atoms with Gasteiger partial charge in [-0.2, -0.15) is 0 Å². The van der Waals surface area contributed by atoms with Gasteiger partial charge in [0.05, 0.1) is 0 Å². The molecule has 0 aliphatic heterocycles. The highest BCUT2D eigenvalue weighted by atomic mass is 14.1.